The van der Waals surface area contributed by atoms with Crippen LogP contribution in [0.25, 0.3) is 0 Å². The van der Waals surface area contributed by atoms with Crippen LogP contribution in [0.3, 0.4) is 0 Å². The van der Waals surface area contributed by atoms with Crippen LogP contribution in [0.5, 0.6) is 0 Å². The van der Waals surface area contributed by atoms with E-state index >= 15 is 0 Å². The number of carboxylic acid groups (broad SMARTS) is 1. The minimum Gasteiger partial charge on any atom is -0.481 e. The Hall–Kier alpha value is -1.84. The summed E-state index contributed by atoms with van der Waals surface area (Å²) in [6, 6.07) is 9.50. The van der Waals surface area contributed by atoms with E-state index in [1.54, 1.807) is 0 Å². The molecule has 0 heterocycles. The van der Waals surface area contributed by atoms with Crippen LogP contribution in [0.1, 0.15) is 24.8 Å². The van der Waals surface area contributed by atoms with Gasteiger partial charge in [-0.1, -0.05) is 30.3 Å². The first kappa shape index (κ1) is 12.6. The lowest BCUT2D eigenvalue weighted by Crippen LogP contribution is -2.31. The molecule has 0 bridgehead atoms. The lowest BCUT2D eigenvalue weighted by atomic mass is 9.73. The fourth-order valence-corrected chi connectivity index (χ4v) is 2.14. The van der Waals surface area contributed by atoms with Crippen molar-refractivity contribution in [2.24, 2.45) is 11.8 Å². The first-order chi connectivity index (χ1) is 8.65. The van der Waals surface area contributed by atoms with Gasteiger partial charge in [0.25, 0.3) is 0 Å². The molecule has 1 fully saturated rings. The van der Waals surface area contributed by atoms with Crippen LogP contribution in [0.4, 0.5) is 0 Å². The molecule has 0 aromatic heterocycles. The summed E-state index contributed by atoms with van der Waals surface area (Å²) in [5, 5.41) is 8.72. The number of ether oxygens (including phenoxy) is 1. The molecule has 1 aliphatic rings. The van der Waals surface area contributed by atoms with Crippen molar-refractivity contribution in [3.05, 3.63) is 35.9 Å². The quantitative estimate of drug-likeness (QED) is 0.811. The van der Waals surface area contributed by atoms with Crippen molar-refractivity contribution in [2.75, 3.05) is 0 Å². The molecule has 0 atom stereocenters. The van der Waals surface area contributed by atoms with Gasteiger partial charge < -0.3 is 9.84 Å². The average molecular weight is 248 g/mol. The SMILES string of the molecule is O=C(CC1CC(C(=O)O)C1)OCc1ccccc1. The third kappa shape index (κ3) is 3.32. The molecule has 0 amide bonds. The van der Waals surface area contributed by atoms with Crippen LogP contribution in [0.15, 0.2) is 30.3 Å². The highest BCUT2D eigenvalue weighted by molar-refractivity contribution is 5.73. The Balaban J connectivity index is 1.66. The topological polar surface area (TPSA) is 63.6 Å². The van der Waals surface area contributed by atoms with Crippen LogP contribution in [-0.2, 0) is 20.9 Å². The molecule has 1 N–H and O–H groups in total. The summed E-state index contributed by atoms with van der Waals surface area (Å²) in [6.45, 7) is 0.286. The second-order valence-electron chi connectivity index (χ2n) is 4.72. The lowest BCUT2D eigenvalue weighted by Gasteiger charge is -2.31. The predicted molar refractivity (Wildman–Crippen MR) is 64.7 cm³/mol. The van der Waals surface area contributed by atoms with Gasteiger partial charge in [-0.2, -0.15) is 0 Å². The van der Waals surface area contributed by atoms with Gasteiger partial charge in [-0.05, 0) is 24.3 Å². The monoisotopic (exact) mass is 248 g/mol. The van der Waals surface area contributed by atoms with Crippen molar-refractivity contribution >= 4 is 11.9 Å². The third-order valence-corrected chi connectivity index (χ3v) is 3.28. The van der Waals surface area contributed by atoms with Crippen molar-refractivity contribution in [1.82, 2.24) is 0 Å². The number of benzene rings is 1. The molecule has 0 saturated heterocycles. The van der Waals surface area contributed by atoms with Crippen LogP contribution >= 0.6 is 0 Å². The highest BCUT2D eigenvalue weighted by atomic mass is 16.5. The van der Waals surface area contributed by atoms with Crippen molar-refractivity contribution < 1.29 is 19.4 Å². The molecule has 4 heteroatoms. The van der Waals surface area contributed by atoms with Gasteiger partial charge >= 0.3 is 11.9 Å². The molecule has 18 heavy (non-hydrogen) atoms. The lowest BCUT2D eigenvalue weighted by molar-refractivity contribution is -0.152. The number of hydrogen-bond acceptors (Lipinski definition) is 3. The van der Waals surface area contributed by atoms with E-state index in [1.807, 2.05) is 30.3 Å². The fraction of sp³-hybridized carbons (Fsp3) is 0.429. The molecule has 0 aliphatic heterocycles. The Labute approximate surface area is 106 Å². The Bertz CT molecular complexity index is 421. The normalized spacial score (nSPS) is 22.0. The maximum atomic E-state index is 11.5. The number of esters is 1. The second-order valence-corrected chi connectivity index (χ2v) is 4.72. The molecule has 0 unspecified atom stereocenters. The largest absolute Gasteiger partial charge is 0.481 e. The van der Waals surface area contributed by atoms with E-state index < -0.39 is 5.97 Å². The minimum absolute atomic E-state index is 0.175. The van der Waals surface area contributed by atoms with Crippen LogP contribution < -0.4 is 0 Å². The van der Waals surface area contributed by atoms with Gasteiger partial charge in [0.1, 0.15) is 6.61 Å². The predicted octanol–water partition coefficient (Wildman–Crippen LogP) is 2.23. The number of carboxylic acids is 1. The van der Waals surface area contributed by atoms with Crippen molar-refractivity contribution in [3.63, 3.8) is 0 Å². The molecule has 1 saturated carbocycles. The molecule has 0 spiro atoms. The highest BCUT2D eigenvalue weighted by Gasteiger charge is 2.35. The average Bonchev–Trinajstić information content (AvgIpc) is 2.31. The molecule has 2 rings (SSSR count). The Morgan fingerprint density at radius 1 is 1.22 bits per heavy atom. The smallest absolute Gasteiger partial charge is 0.306 e. The summed E-state index contributed by atoms with van der Waals surface area (Å²) < 4.78 is 5.14. The molecule has 4 nitrogen and oxygen atoms in total. The number of carbonyl (C=O) groups is 2. The summed E-state index contributed by atoms with van der Waals surface area (Å²) in [6.07, 6.45) is 1.52. The summed E-state index contributed by atoms with van der Waals surface area (Å²) in [5.41, 5.74) is 0.961. The van der Waals surface area contributed by atoms with Gasteiger partial charge in [0.05, 0.1) is 5.92 Å². The van der Waals surface area contributed by atoms with Gasteiger partial charge in [-0.3, -0.25) is 9.59 Å². The van der Waals surface area contributed by atoms with E-state index in [2.05, 4.69) is 0 Å². The highest BCUT2D eigenvalue weighted by Crippen LogP contribution is 2.36. The molecular formula is C14H16O4. The number of aliphatic carboxylic acids is 1. The number of rotatable bonds is 5. The van der Waals surface area contributed by atoms with Crippen molar-refractivity contribution in [3.8, 4) is 0 Å². The zero-order valence-corrected chi connectivity index (χ0v) is 10.0. The molecule has 0 radical (unpaired) electrons. The first-order valence-corrected chi connectivity index (χ1v) is 6.07. The zero-order valence-electron chi connectivity index (χ0n) is 10.0. The molecular weight excluding hydrogens is 232 g/mol. The number of carbonyl (C=O) groups excluding carboxylic acids is 1. The third-order valence-electron chi connectivity index (χ3n) is 3.28. The second kappa shape index (κ2) is 5.67. The zero-order chi connectivity index (χ0) is 13.0. The Morgan fingerprint density at radius 2 is 1.89 bits per heavy atom. The molecule has 1 aromatic carbocycles. The van der Waals surface area contributed by atoms with Crippen LogP contribution in [0, 0.1) is 11.8 Å². The van der Waals surface area contributed by atoms with Gasteiger partial charge in [-0.15, -0.1) is 0 Å². The van der Waals surface area contributed by atoms with Crippen LogP contribution in [0.2, 0.25) is 0 Å². The van der Waals surface area contributed by atoms with E-state index in [0.29, 0.717) is 19.3 Å². The summed E-state index contributed by atoms with van der Waals surface area (Å²) in [5.74, 6) is -1.09. The van der Waals surface area contributed by atoms with Crippen LogP contribution in [-0.4, -0.2) is 17.0 Å². The van der Waals surface area contributed by atoms with E-state index in [9.17, 15) is 9.59 Å². The van der Waals surface area contributed by atoms with E-state index in [-0.39, 0.29) is 24.4 Å². The Morgan fingerprint density at radius 3 is 2.50 bits per heavy atom. The van der Waals surface area contributed by atoms with Crippen molar-refractivity contribution in [2.45, 2.75) is 25.9 Å². The van der Waals surface area contributed by atoms with Gasteiger partial charge in [-0.25, -0.2) is 0 Å². The molecule has 1 aromatic rings. The summed E-state index contributed by atoms with van der Waals surface area (Å²) >= 11 is 0. The van der Waals surface area contributed by atoms with E-state index in [1.165, 1.54) is 0 Å². The molecule has 1 aliphatic carbocycles. The number of hydrogen-bond donors (Lipinski definition) is 1. The van der Waals surface area contributed by atoms with E-state index in [4.69, 9.17) is 9.84 Å². The first-order valence-electron chi connectivity index (χ1n) is 6.07. The summed E-state index contributed by atoms with van der Waals surface area (Å²) in [7, 11) is 0. The maximum Gasteiger partial charge on any atom is 0.306 e. The summed E-state index contributed by atoms with van der Waals surface area (Å²) in [4.78, 5) is 22.1. The fourth-order valence-electron chi connectivity index (χ4n) is 2.14. The molecule has 96 valence electrons. The maximum absolute atomic E-state index is 11.5. The van der Waals surface area contributed by atoms with E-state index in [0.717, 1.165) is 5.56 Å². The van der Waals surface area contributed by atoms with Gasteiger partial charge in [0.2, 0.25) is 0 Å². The Kier molecular flexibility index (Phi) is 3.97. The standard InChI is InChI=1S/C14H16O4/c15-13(8-11-6-12(7-11)14(16)17)18-9-10-4-2-1-3-5-10/h1-5,11-12H,6-9H2,(H,16,17). The van der Waals surface area contributed by atoms with Crippen molar-refractivity contribution in [1.29, 1.82) is 0 Å². The van der Waals surface area contributed by atoms with Gasteiger partial charge in [0, 0.05) is 6.42 Å². The minimum atomic E-state index is -0.760. The van der Waals surface area contributed by atoms with Gasteiger partial charge in [0.15, 0.2) is 0 Å².